The zero-order chi connectivity index (χ0) is 22.4. The van der Waals surface area contributed by atoms with Gasteiger partial charge in [0, 0.05) is 50.5 Å². The molecular weight excluding hydrogens is 421 g/mol. The Morgan fingerprint density at radius 2 is 1.90 bits per heavy atom. The molecule has 3 rings (SSSR count). The molecule has 0 saturated carbocycles. The highest BCUT2D eigenvalue weighted by atomic mass is 32.2. The number of carbonyl (C=O) groups is 1. The smallest absolute Gasteiger partial charge is 0.319 e. The largest absolute Gasteiger partial charge is 0.334 e. The summed E-state index contributed by atoms with van der Waals surface area (Å²) in [6.07, 6.45) is 1.56. The summed E-state index contributed by atoms with van der Waals surface area (Å²) < 4.78 is 39.7. The first-order valence-corrected chi connectivity index (χ1v) is 11.8. The number of aryl methyl sites for hydroxylation is 1. The van der Waals surface area contributed by atoms with E-state index in [2.05, 4.69) is 20.5 Å². The molecular formula is C21H28FN5O3S. The zero-order valence-corrected chi connectivity index (χ0v) is 18.6. The van der Waals surface area contributed by atoms with Crippen molar-refractivity contribution < 1.29 is 17.6 Å². The van der Waals surface area contributed by atoms with Crippen LogP contribution in [0.1, 0.15) is 23.7 Å². The van der Waals surface area contributed by atoms with Crippen molar-refractivity contribution in [1.82, 2.24) is 19.5 Å². The van der Waals surface area contributed by atoms with Gasteiger partial charge in [0.25, 0.3) is 0 Å². The predicted octanol–water partition coefficient (Wildman–Crippen LogP) is 2.32. The van der Waals surface area contributed by atoms with Crippen molar-refractivity contribution in [3.63, 3.8) is 0 Å². The van der Waals surface area contributed by atoms with Crippen molar-refractivity contribution in [3.05, 3.63) is 59.2 Å². The highest BCUT2D eigenvalue weighted by Crippen LogP contribution is 2.15. The molecule has 1 saturated heterocycles. The number of sulfonamides is 1. The molecule has 0 bridgehead atoms. The minimum Gasteiger partial charge on any atom is -0.334 e. The van der Waals surface area contributed by atoms with Gasteiger partial charge in [-0.1, -0.05) is 6.07 Å². The van der Waals surface area contributed by atoms with Gasteiger partial charge in [-0.05, 0) is 43.7 Å². The van der Waals surface area contributed by atoms with E-state index in [1.807, 2.05) is 6.92 Å². The molecule has 0 atom stereocenters. The molecule has 168 valence electrons. The van der Waals surface area contributed by atoms with Crippen molar-refractivity contribution in [2.24, 2.45) is 0 Å². The van der Waals surface area contributed by atoms with Gasteiger partial charge in [0.05, 0.1) is 17.6 Å². The zero-order valence-electron chi connectivity index (χ0n) is 17.8. The second-order valence-corrected chi connectivity index (χ2v) is 9.76. The van der Waals surface area contributed by atoms with Crippen LogP contribution in [0.15, 0.2) is 36.5 Å². The van der Waals surface area contributed by atoms with E-state index in [1.165, 1.54) is 10.4 Å². The quantitative estimate of drug-likeness (QED) is 0.677. The van der Waals surface area contributed by atoms with Gasteiger partial charge in [0.2, 0.25) is 10.0 Å². The first kappa shape index (κ1) is 23.1. The fourth-order valence-electron chi connectivity index (χ4n) is 3.36. The maximum Gasteiger partial charge on any atom is 0.319 e. The third-order valence-corrected chi connectivity index (χ3v) is 7.10. The lowest BCUT2D eigenvalue weighted by Gasteiger charge is -2.33. The van der Waals surface area contributed by atoms with Crippen LogP contribution in [-0.4, -0.2) is 60.6 Å². The number of aromatic nitrogens is 1. The Hall–Kier alpha value is -2.56. The van der Waals surface area contributed by atoms with Crippen LogP contribution in [-0.2, 0) is 23.1 Å². The topological polar surface area (TPSA) is 94.6 Å². The van der Waals surface area contributed by atoms with E-state index >= 15 is 0 Å². The lowest BCUT2D eigenvalue weighted by molar-refractivity contribution is 0.181. The van der Waals surface area contributed by atoms with Crippen molar-refractivity contribution in [2.45, 2.75) is 26.9 Å². The molecule has 1 aliphatic rings. The number of hydrogen-bond acceptors (Lipinski definition) is 5. The summed E-state index contributed by atoms with van der Waals surface area (Å²) in [6.45, 7) is 6.30. The maximum absolute atomic E-state index is 14.2. The molecule has 10 heteroatoms. The van der Waals surface area contributed by atoms with Gasteiger partial charge >= 0.3 is 6.03 Å². The molecule has 1 fully saturated rings. The molecule has 1 aromatic carbocycles. The Bertz CT molecular complexity index is 1010. The Morgan fingerprint density at radius 1 is 1.16 bits per heavy atom. The number of nitrogens with zero attached hydrogens (tertiary/aromatic N) is 3. The Balaban J connectivity index is 1.53. The monoisotopic (exact) mass is 449 g/mol. The predicted molar refractivity (Wildman–Crippen MR) is 118 cm³/mol. The number of halogens is 1. The average molecular weight is 450 g/mol. The summed E-state index contributed by atoms with van der Waals surface area (Å²) in [5, 5.41) is 5.32. The standard InChI is InChI=1S/C21H28FN5O3S/c1-3-31(29,30)27-10-8-26(9-11-27)15-17-5-7-20(22)18(12-17)13-24-21(28)25-19-6-4-16(2)23-14-19/h4-7,12,14H,3,8-11,13,15H2,1-2H3,(H2,24,25,28). The van der Waals surface area contributed by atoms with Crippen LogP contribution in [0.3, 0.4) is 0 Å². The van der Waals surface area contributed by atoms with Crippen LogP contribution < -0.4 is 10.6 Å². The molecule has 0 aliphatic carbocycles. The van der Waals surface area contributed by atoms with E-state index in [4.69, 9.17) is 0 Å². The molecule has 2 amide bonds. The molecule has 31 heavy (non-hydrogen) atoms. The number of anilines is 1. The van der Waals surface area contributed by atoms with Crippen molar-refractivity contribution >= 4 is 21.7 Å². The maximum atomic E-state index is 14.2. The number of piperazine rings is 1. The highest BCUT2D eigenvalue weighted by Gasteiger charge is 2.25. The summed E-state index contributed by atoms with van der Waals surface area (Å²) in [5.41, 5.74) is 2.70. The van der Waals surface area contributed by atoms with Gasteiger partial charge < -0.3 is 10.6 Å². The number of nitrogens with one attached hydrogen (secondary N) is 2. The van der Waals surface area contributed by atoms with Crippen LogP contribution >= 0.6 is 0 Å². The molecule has 0 radical (unpaired) electrons. The normalized spacial score (nSPS) is 15.6. The van der Waals surface area contributed by atoms with E-state index in [0.29, 0.717) is 44.0 Å². The van der Waals surface area contributed by atoms with Crippen LogP contribution in [0, 0.1) is 12.7 Å². The van der Waals surface area contributed by atoms with Gasteiger partial charge in [-0.2, -0.15) is 4.31 Å². The van der Waals surface area contributed by atoms with Crippen molar-refractivity contribution in [2.75, 3.05) is 37.2 Å². The molecule has 1 aliphatic heterocycles. The molecule has 0 spiro atoms. The number of rotatable bonds is 7. The molecule has 8 nitrogen and oxygen atoms in total. The van der Waals surface area contributed by atoms with E-state index in [-0.39, 0.29) is 18.1 Å². The summed E-state index contributed by atoms with van der Waals surface area (Å²) in [4.78, 5) is 18.3. The van der Waals surface area contributed by atoms with Gasteiger partial charge in [-0.3, -0.25) is 9.88 Å². The first-order chi connectivity index (χ1) is 14.8. The van der Waals surface area contributed by atoms with Crippen molar-refractivity contribution in [3.8, 4) is 0 Å². The lowest BCUT2D eigenvalue weighted by atomic mass is 10.1. The highest BCUT2D eigenvalue weighted by molar-refractivity contribution is 7.89. The lowest BCUT2D eigenvalue weighted by Crippen LogP contribution is -2.48. The minimum absolute atomic E-state index is 0.0489. The van der Waals surface area contributed by atoms with E-state index in [1.54, 1.807) is 37.4 Å². The van der Waals surface area contributed by atoms with E-state index in [9.17, 15) is 17.6 Å². The number of urea groups is 1. The number of benzene rings is 1. The number of carbonyl (C=O) groups excluding carboxylic acids is 1. The van der Waals surface area contributed by atoms with Gasteiger partial charge in [-0.15, -0.1) is 0 Å². The third-order valence-electron chi connectivity index (χ3n) is 5.21. The van der Waals surface area contributed by atoms with Crippen LogP contribution in [0.2, 0.25) is 0 Å². The molecule has 1 aromatic heterocycles. The summed E-state index contributed by atoms with van der Waals surface area (Å²) in [7, 11) is -3.16. The third kappa shape index (κ3) is 6.46. The van der Waals surface area contributed by atoms with Crippen LogP contribution in [0.25, 0.3) is 0 Å². The van der Waals surface area contributed by atoms with Gasteiger partial charge in [0.1, 0.15) is 5.82 Å². The SMILES string of the molecule is CCS(=O)(=O)N1CCN(Cc2ccc(F)c(CNC(=O)Nc3ccc(C)nc3)c2)CC1. The van der Waals surface area contributed by atoms with Gasteiger partial charge in [-0.25, -0.2) is 17.6 Å². The Morgan fingerprint density at radius 3 is 2.55 bits per heavy atom. The van der Waals surface area contributed by atoms with E-state index < -0.39 is 16.1 Å². The van der Waals surface area contributed by atoms with E-state index in [0.717, 1.165) is 11.3 Å². The minimum atomic E-state index is -3.16. The molecule has 0 unspecified atom stereocenters. The second kappa shape index (κ2) is 10.2. The average Bonchev–Trinajstić information content (AvgIpc) is 2.76. The summed E-state index contributed by atoms with van der Waals surface area (Å²) >= 11 is 0. The first-order valence-electron chi connectivity index (χ1n) is 10.2. The Kier molecular flexibility index (Phi) is 7.58. The van der Waals surface area contributed by atoms with Crippen molar-refractivity contribution in [1.29, 1.82) is 0 Å². The summed E-state index contributed by atoms with van der Waals surface area (Å²) in [5.74, 6) is -0.282. The Labute approximate surface area is 182 Å². The molecule has 2 N–H and O–H groups in total. The molecule has 2 aromatic rings. The number of hydrogen-bond donors (Lipinski definition) is 2. The second-order valence-electron chi connectivity index (χ2n) is 7.50. The van der Waals surface area contributed by atoms with Crippen LogP contribution in [0.4, 0.5) is 14.9 Å². The molecule has 2 heterocycles. The fraction of sp³-hybridized carbons (Fsp3) is 0.429. The van der Waals surface area contributed by atoms with Gasteiger partial charge in [0.15, 0.2) is 0 Å². The summed E-state index contributed by atoms with van der Waals surface area (Å²) in [6, 6.07) is 7.94. The number of amides is 2. The number of pyridine rings is 1. The van der Waals surface area contributed by atoms with Crippen LogP contribution in [0.5, 0.6) is 0 Å². The fourth-order valence-corrected chi connectivity index (χ4v) is 4.45.